The van der Waals surface area contributed by atoms with Gasteiger partial charge in [0.2, 0.25) is 11.8 Å². The summed E-state index contributed by atoms with van der Waals surface area (Å²) in [6, 6.07) is 26.5. The molecule has 0 saturated carbocycles. The van der Waals surface area contributed by atoms with Crippen molar-refractivity contribution in [2.45, 2.75) is 13.0 Å². The van der Waals surface area contributed by atoms with Crippen molar-refractivity contribution >= 4 is 5.91 Å². The van der Waals surface area contributed by atoms with Gasteiger partial charge in [0.1, 0.15) is 0 Å². The zero-order chi connectivity index (χ0) is 19.3. The molecular formula is C23H19N3O2. The third-order valence-corrected chi connectivity index (χ3v) is 4.49. The van der Waals surface area contributed by atoms with Gasteiger partial charge in [-0.2, -0.15) is 0 Å². The number of carbonyl (C=O) groups is 1. The van der Waals surface area contributed by atoms with E-state index in [0.29, 0.717) is 17.3 Å². The smallest absolute Gasteiger partial charge is 0.251 e. The molecule has 5 nitrogen and oxygen atoms in total. The first-order chi connectivity index (χ1) is 13.7. The van der Waals surface area contributed by atoms with Crippen LogP contribution in [-0.2, 0) is 0 Å². The van der Waals surface area contributed by atoms with E-state index in [4.69, 9.17) is 4.42 Å². The Bertz CT molecular complexity index is 1060. The molecule has 0 spiro atoms. The maximum atomic E-state index is 12.5. The van der Waals surface area contributed by atoms with Crippen LogP contribution in [0.2, 0.25) is 0 Å². The fourth-order valence-corrected chi connectivity index (χ4v) is 2.91. The minimum atomic E-state index is -0.126. The van der Waals surface area contributed by atoms with Gasteiger partial charge in [-0.3, -0.25) is 4.79 Å². The van der Waals surface area contributed by atoms with E-state index in [1.54, 1.807) is 12.1 Å². The molecule has 138 valence electrons. The first kappa shape index (κ1) is 17.7. The molecule has 0 bridgehead atoms. The van der Waals surface area contributed by atoms with Crippen LogP contribution in [0, 0.1) is 0 Å². The molecule has 1 atom stereocenters. The molecule has 4 rings (SSSR count). The van der Waals surface area contributed by atoms with Crippen LogP contribution in [0.1, 0.15) is 28.9 Å². The van der Waals surface area contributed by atoms with Gasteiger partial charge < -0.3 is 9.73 Å². The van der Waals surface area contributed by atoms with Gasteiger partial charge in [0.05, 0.1) is 6.04 Å². The SMILES string of the molecule is C[C@@H](NC(=O)c1ccc(-c2nnc(-c3ccccc3)o2)cc1)c1ccccc1. The second kappa shape index (κ2) is 7.88. The number of carbonyl (C=O) groups excluding carboxylic acids is 1. The highest BCUT2D eigenvalue weighted by Gasteiger charge is 2.13. The highest BCUT2D eigenvalue weighted by atomic mass is 16.4. The zero-order valence-corrected chi connectivity index (χ0v) is 15.4. The van der Waals surface area contributed by atoms with Gasteiger partial charge in [0.15, 0.2) is 0 Å². The minimum Gasteiger partial charge on any atom is -0.416 e. The summed E-state index contributed by atoms with van der Waals surface area (Å²) in [5.74, 6) is 0.760. The molecule has 5 heteroatoms. The van der Waals surface area contributed by atoms with E-state index in [1.807, 2.05) is 79.7 Å². The fraction of sp³-hybridized carbons (Fsp3) is 0.0870. The second-order valence-corrected chi connectivity index (χ2v) is 6.46. The summed E-state index contributed by atoms with van der Waals surface area (Å²) in [7, 11) is 0. The molecule has 1 amide bonds. The van der Waals surface area contributed by atoms with Gasteiger partial charge in [0, 0.05) is 16.7 Å². The molecule has 1 N–H and O–H groups in total. The topological polar surface area (TPSA) is 68.0 Å². The van der Waals surface area contributed by atoms with Gasteiger partial charge in [0.25, 0.3) is 5.91 Å². The lowest BCUT2D eigenvalue weighted by atomic mass is 10.1. The normalized spacial score (nSPS) is 11.8. The van der Waals surface area contributed by atoms with Crippen LogP contribution in [0.5, 0.6) is 0 Å². The van der Waals surface area contributed by atoms with E-state index in [2.05, 4.69) is 15.5 Å². The number of rotatable bonds is 5. The zero-order valence-electron chi connectivity index (χ0n) is 15.4. The summed E-state index contributed by atoms with van der Waals surface area (Å²) in [6.07, 6.45) is 0. The van der Waals surface area contributed by atoms with Crippen molar-refractivity contribution in [2.24, 2.45) is 0 Å². The summed E-state index contributed by atoms with van der Waals surface area (Å²) >= 11 is 0. The Labute approximate surface area is 163 Å². The van der Waals surface area contributed by atoms with Crippen LogP contribution in [-0.4, -0.2) is 16.1 Å². The van der Waals surface area contributed by atoms with E-state index in [-0.39, 0.29) is 11.9 Å². The standard InChI is InChI=1S/C23H19N3O2/c1-16(17-8-4-2-5-9-17)24-21(27)18-12-14-20(15-13-18)23-26-25-22(28-23)19-10-6-3-7-11-19/h2-16H,1H3,(H,24,27)/t16-/m1/s1. The quantitative estimate of drug-likeness (QED) is 0.544. The van der Waals surface area contributed by atoms with Crippen molar-refractivity contribution in [1.29, 1.82) is 0 Å². The third-order valence-electron chi connectivity index (χ3n) is 4.49. The average Bonchev–Trinajstić information content (AvgIpc) is 3.25. The summed E-state index contributed by atoms with van der Waals surface area (Å²) < 4.78 is 5.76. The lowest BCUT2D eigenvalue weighted by Crippen LogP contribution is -2.26. The molecule has 0 aliphatic carbocycles. The lowest BCUT2D eigenvalue weighted by Gasteiger charge is -2.14. The van der Waals surface area contributed by atoms with Gasteiger partial charge in [-0.05, 0) is 48.9 Å². The fourth-order valence-electron chi connectivity index (χ4n) is 2.91. The van der Waals surface area contributed by atoms with Crippen molar-refractivity contribution in [2.75, 3.05) is 0 Å². The highest BCUT2D eigenvalue weighted by Crippen LogP contribution is 2.24. The number of hydrogen-bond donors (Lipinski definition) is 1. The number of hydrogen-bond acceptors (Lipinski definition) is 4. The number of benzene rings is 3. The summed E-state index contributed by atoms with van der Waals surface area (Å²) in [5.41, 5.74) is 3.27. The van der Waals surface area contributed by atoms with Gasteiger partial charge >= 0.3 is 0 Å². The molecular weight excluding hydrogens is 350 g/mol. The molecule has 1 aromatic heterocycles. The molecule has 0 saturated heterocycles. The van der Waals surface area contributed by atoms with Crippen LogP contribution >= 0.6 is 0 Å². The highest BCUT2D eigenvalue weighted by molar-refractivity contribution is 5.94. The molecule has 0 radical (unpaired) electrons. The second-order valence-electron chi connectivity index (χ2n) is 6.46. The van der Waals surface area contributed by atoms with Crippen LogP contribution in [0.4, 0.5) is 0 Å². The first-order valence-electron chi connectivity index (χ1n) is 9.06. The Balaban J connectivity index is 1.47. The number of nitrogens with one attached hydrogen (secondary N) is 1. The van der Waals surface area contributed by atoms with Crippen molar-refractivity contribution in [3.63, 3.8) is 0 Å². The number of aromatic nitrogens is 2. The van der Waals surface area contributed by atoms with Crippen molar-refractivity contribution in [3.05, 3.63) is 96.1 Å². The van der Waals surface area contributed by atoms with Crippen molar-refractivity contribution in [1.82, 2.24) is 15.5 Å². The molecule has 0 aliphatic rings. The molecule has 0 fully saturated rings. The maximum absolute atomic E-state index is 12.5. The Morgan fingerprint density at radius 1 is 0.786 bits per heavy atom. The molecule has 0 unspecified atom stereocenters. The van der Waals surface area contributed by atoms with E-state index in [0.717, 1.165) is 16.7 Å². The van der Waals surface area contributed by atoms with E-state index in [9.17, 15) is 4.79 Å². The molecule has 1 heterocycles. The third kappa shape index (κ3) is 3.83. The van der Waals surface area contributed by atoms with Gasteiger partial charge in [-0.1, -0.05) is 48.5 Å². The monoisotopic (exact) mass is 369 g/mol. The van der Waals surface area contributed by atoms with Crippen LogP contribution in [0.15, 0.2) is 89.3 Å². The Morgan fingerprint density at radius 2 is 1.32 bits per heavy atom. The minimum absolute atomic E-state index is 0.0715. The first-order valence-corrected chi connectivity index (χ1v) is 9.06. The van der Waals surface area contributed by atoms with E-state index >= 15 is 0 Å². The molecule has 28 heavy (non-hydrogen) atoms. The Hall–Kier alpha value is -3.73. The largest absolute Gasteiger partial charge is 0.416 e. The summed E-state index contributed by atoms with van der Waals surface area (Å²) in [5, 5.41) is 11.2. The predicted molar refractivity (Wildman–Crippen MR) is 107 cm³/mol. The Kier molecular flexibility index (Phi) is 4.97. The number of amides is 1. The summed E-state index contributed by atoms with van der Waals surface area (Å²) in [6.45, 7) is 1.96. The Morgan fingerprint density at radius 3 is 1.93 bits per heavy atom. The van der Waals surface area contributed by atoms with Crippen molar-refractivity contribution < 1.29 is 9.21 Å². The van der Waals surface area contributed by atoms with E-state index in [1.165, 1.54) is 0 Å². The van der Waals surface area contributed by atoms with Crippen LogP contribution < -0.4 is 5.32 Å². The molecule has 0 aliphatic heterocycles. The lowest BCUT2D eigenvalue weighted by molar-refractivity contribution is 0.0940. The molecule has 3 aromatic carbocycles. The van der Waals surface area contributed by atoms with Crippen molar-refractivity contribution in [3.8, 4) is 22.9 Å². The molecule has 4 aromatic rings. The van der Waals surface area contributed by atoms with Gasteiger partial charge in [-0.15, -0.1) is 10.2 Å². The predicted octanol–water partition coefficient (Wildman–Crippen LogP) is 4.89. The average molecular weight is 369 g/mol. The van der Waals surface area contributed by atoms with E-state index < -0.39 is 0 Å². The maximum Gasteiger partial charge on any atom is 0.251 e. The van der Waals surface area contributed by atoms with Crippen LogP contribution in [0.25, 0.3) is 22.9 Å². The van der Waals surface area contributed by atoms with Gasteiger partial charge in [-0.25, -0.2) is 0 Å². The van der Waals surface area contributed by atoms with Crippen LogP contribution in [0.3, 0.4) is 0 Å². The summed E-state index contributed by atoms with van der Waals surface area (Å²) in [4.78, 5) is 12.5. The number of nitrogens with zero attached hydrogens (tertiary/aromatic N) is 2.